The van der Waals surface area contributed by atoms with E-state index in [1.54, 1.807) is 11.8 Å². The number of hydrogen-bond acceptors (Lipinski definition) is 3. The first-order chi connectivity index (χ1) is 8.49. The fourth-order valence-corrected chi connectivity index (χ4v) is 2.13. The zero-order chi connectivity index (χ0) is 13.7. The van der Waals surface area contributed by atoms with Gasteiger partial charge in [0.2, 0.25) is 0 Å². The van der Waals surface area contributed by atoms with Crippen LogP contribution in [-0.2, 0) is 0 Å². The molecule has 1 unspecified atom stereocenters. The fraction of sp³-hybridized carbons (Fsp3) is 0.417. The third-order valence-corrected chi connectivity index (χ3v) is 3.18. The number of carbonyl (C=O) groups excluding carboxylic acids is 1. The van der Waals surface area contributed by atoms with Crippen LogP contribution < -0.4 is 10.6 Å². The van der Waals surface area contributed by atoms with E-state index in [1.807, 2.05) is 13.2 Å². The Morgan fingerprint density at radius 3 is 2.39 bits per heavy atom. The number of benzene rings is 1. The third-order valence-electron chi connectivity index (χ3n) is 2.35. The van der Waals surface area contributed by atoms with Gasteiger partial charge in [-0.1, -0.05) is 0 Å². The Balaban J connectivity index is 2.87. The summed E-state index contributed by atoms with van der Waals surface area (Å²) in [7, 11) is 1.42. The van der Waals surface area contributed by atoms with Gasteiger partial charge < -0.3 is 10.6 Å². The van der Waals surface area contributed by atoms with E-state index in [1.165, 1.54) is 7.05 Å². The molecule has 6 heteroatoms. The maximum absolute atomic E-state index is 13.5. The van der Waals surface area contributed by atoms with Crippen LogP contribution in [0.4, 0.5) is 14.5 Å². The Kier molecular flexibility index (Phi) is 5.40. The molecule has 0 aliphatic heterocycles. The van der Waals surface area contributed by atoms with E-state index in [2.05, 4.69) is 10.6 Å². The summed E-state index contributed by atoms with van der Waals surface area (Å²) < 4.78 is 26.9. The van der Waals surface area contributed by atoms with E-state index in [9.17, 15) is 13.6 Å². The fourth-order valence-electron chi connectivity index (χ4n) is 1.54. The van der Waals surface area contributed by atoms with E-state index in [0.717, 1.165) is 17.9 Å². The van der Waals surface area contributed by atoms with Crippen LogP contribution in [-0.4, -0.2) is 31.0 Å². The molecule has 3 nitrogen and oxygen atoms in total. The highest BCUT2D eigenvalue weighted by molar-refractivity contribution is 7.98. The highest BCUT2D eigenvalue weighted by atomic mass is 32.2. The van der Waals surface area contributed by atoms with Gasteiger partial charge in [0.05, 0.1) is 0 Å². The van der Waals surface area contributed by atoms with Gasteiger partial charge in [-0.3, -0.25) is 4.79 Å². The zero-order valence-corrected chi connectivity index (χ0v) is 11.3. The first-order valence-electron chi connectivity index (χ1n) is 5.46. The van der Waals surface area contributed by atoms with Gasteiger partial charge in [0.1, 0.15) is 17.3 Å². The van der Waals surface area contributed by atoms with Gasteiger partial charge in [-0.15, -0.1) is 0 Å². The van der Waals surface area contributed by atoms with Crippen LogP contribution in [0.2, 0.25) is 0 Å². The van der Waals surface area contributed by atoms with E-state index >= 15 is 0 Å². The van der Waals surface area contributed by atoms with Crippen molar-refractivity contribution < 1.29 is 13.6 Å². The summed E-state index contributed by atoms with van der Waals surface area (Å²) in [6.45, 7) is 1.84. The quantitative estimate of drug-likeness (QED) is 0.866. The van der Waals surface area contributed by atoms with Gasteiger partial charge in [-0.05, 0) is 25.3 Å². The first kappa shape index (κ1) is 14.8. The van der Waals surface area contributed by atoms with Crippen LogP contribution in [0, 0.1) is 11.6 Å². The maximum Gasteiger partial charge on any atom is 0.251 e. The zero-order valence-electron chi connectivity index (χ0n) is 10.5. The molecule has 1 atom stereocenters. The maximum atomic E-state index is 13.5. The van der Waals surface area contributed by atoms with Crippen molar-refractivity contribution in [1.82, 2.24) is 5.32 Å². The highest BCUT2D eigenvalue weighted by Gasteiger charge is 2.15. The Morgan fingerprint density at radius 2 is 1.94 bits per heavy atom. The van der Waals surface area contributed by atoms with Crippen molar-refractivity contribution in [2.75, 3.05) is 24.4 Å². The second-order valence-corrected chi connectivity index (χ2v) is 4.81. The van der Waals surface area contributed by atoms with E-state index in [4.69, 9.17) is 0 Å². The van der Waals surface area contributed by atoms with Gasteiger partial charge in [0.15, 0.2) is 0 Å². The molecule has 1 amide bonds. The minimum atomic E-state index is -0.778. The Bertz CT molecular complexity index is 417. The van der Waals surface area contributed by atoms with Gasteiger partial charge in [-0.2, -0.15) is 11.8 Å². The summed E-state index contributed by atoms with van der Waals surface area (Å²) in [5, 5.41) is 5.08. The topological polar surface area (TPSA) is 41.1 Å². The normalized spacial score (nSPS) is 12.1. The highest BCUT2D eigenvalue weighted by Crippen LogP contribution is 2.20. The van der Waals surface area contributed by atoms with Crippen LogP contribution in [0.1, 0.15) is 17.3 Å². The molecule has 0 saturated carbocycles. The molecule has 0 heterocycles. The summed E-state index contributed by atoms with van der Waals surface area (Å²) in [5.74, 6) is -1.29. The van der Waals surface area contributed by atoms with Crippen LogP contribution in [0.25, 0.3) is 0 Å². The minimum Gasteiger partial charge on any atom is -0.383 e. The molecule has 100 valence electrons. The molecule has 0 radical (unpaired) electrons. The van der Waals surface area contributed by atoms with Gasteiger partial charge in [0, 0.05) is 24.4 Å². The number of carbonyl (C=O) groups is 1. The van der Waals surface area contributed by atoms with Gasteiger partial charge in [-0.25, -0.2) is 8.78 Å². The summed E-state index contributed by atoms with van der Waals surface area (Å²) in [6.07, 6.45) is 1.92. The number of halogens is 2. The first-order valence-corrected chi connectivity index (χ1v) is 6.85. The SMILES string of the molecule is CNc1c(F)cc(C(=O)NC(C)CSC)cc1F. The Labute approximate surface area is 109 Å². The molecule has 1 aromatic carbocycles. The number of thioether (sulfide) groups is 1. The van der Waals surface area contributed by atoms with Crippen LogP contribution >= 0.6 is 11.8 Å². The molecule has 0 spiro atoms. The van der Waals surface area contributed by atoms with Crippen molar-refractivity contribution in [3.8, 4) is 0 Å². The van der Waals surface area contributed by atoms with Crippen LogP contribution in [0.15, 0.2) is 12.1 Å². The lowest BCUT2D eigenvalue weighted by Gasteiger charge is -2.13. The largest absolute Gasteiger partial charge is 0.383 e. The van der Waals surface area contributed by atoms with Crippen molar-refractivity contribution >= 4 is 23.4 Å². The molecular formula is C12H16F2N2OS. The standard InChI is InChI=1S/C12H16F2N2OS/c1-7(6-18-3)16-12(17)8-4-9(13)11(15-2)10(14)5-8/h4-5,7,15H,6H2,1-3H3,(H,16,17). The summed E-state index contributed by atoms with van der Waals surface area (Å²) in [4.78, 5) is 11.8. The monoisotopic (exact) mass is 274 g/mol. The smallest absolute Gasteiger partial charge is 0.251 e. The molecule has 0 aliphatic rings. The number of amides is 1. The number of hydrogen-bond donors (Lipinski definition) is 2. The summed E-state index contributed by atoms with van der Waals surface area (Å²) in [5.41, 5.74) is -0.249. The second-order valence-electron chi connectivity index (χ2n) is 3.89. The van der Waals surface area contributed by atoms with Gasteiger partial charge in [0.25, 0.3) is 5.91 Å². The molecule has 0 saturated heterocycles. The average Bonchev–Trinajstić information content (AvgIpc) is 2.28. The molecular weight excluding hydrogens is 258 g/mol. The van der Waals surface area contributed by atoms with Crippen molar-refractivity contribution in [3.63, 3.8) is 0 Å². The molecule has 0 aliphatic carbocycles. The summed E-state index contributed by atoms with van der Waals surface area (Å²) >= 11 is 1.59. The van der Waals surface area contributed by atoms with E-state index in [0.29, 0.717) is 0 Å². The second kappa shape index (κ2) is 6.58. The lowest BCUT2D eigenvalue weighted by atomic mass is 10.1. The number of anilines is 1. The van der Waals surface area contributed by atoms with Crippen molar-refractivity contribution in [2.45, 2.75) is 13.0 Å². The molecule has 18 heavy (non-hydrogen) atoms. The molecule has 1 rings (SSSR count). The van der Waals surface area contributed by atoms with E-state index < -0.39 is 17.5 Å². The van der Waals surface area contributed by atoms with Crippen molar-refractivity contribution in [1.29, 1.82) is 0 Å². The van der Waals surface area contributed by atoms with Crippen LogP contribution in [0.5, 0.6) is 0 Å². The summed E-state index contributed by atoms with van der Waals surface area (Å²) in [6, 6.07) is 1.99. The number of nitrogens with one attached hydrogen (secondary N) is 2. The van der Waals surface area contributed by atoms with Crippen molar-refractivity contribution in [2.24, 2.45) is 0 Å². The van der Waals surface area contributed by atoms with Gasteiger partial charge >= 0.3 is 0 Å². The predicted octanol–water partition coefficient (Wildman–Crippen LogP) is 2.49. The van der Waals surface area contributed by atoms with Crippen molar-refractivity contribution in [3.05, 3.63) is 29.3 Å². The molecule has 0 bridgehead atoms. The molecule has 0 aromatic heterocycles. The Morgan fingerprint density at radius 1 is 1.39 bits per heavy atom. The molecule has 1 aromatic rings. The molecule has 2 N–H and O–H groups in total. The lowest BCUT2D eigenvalue weighted by molar-refractivity contribution is 0.0943. The number of rotatable bonds is 5. The average molecular weight is 274 g/mol. The Hall–Kier alpha value is -1.30. The third kappa shape index (κ3) is 3.60. The van der Waals surface area contributed by atoms with E-state index in [-0.39, 0.29) is 17.3 Å². The molecule has 0 fully saturated rings. The van der Waals surface area contributed by atoms with Crippen LogP contribution in [0.3, 0.4) is 0 Å². The lowest BCUT2D eigenvalue weighted by Crippen LogP contribution is -2.34. The predicted molar refractivity (Wildman–Crippen MR) is 71.2 cm³/mol. The minimum absolute atomic E-state index is 0.0167.